The summed E-state index contributed by atoms with van der Waals surface area (Å²) in [6.45, 7) is 16.9. The van der Waals surface area contributed by atoms with Crippen molar-refractivity contribution in [3.8, 4) is 101 Å². The van der Waals surface area contributed by atoms with Crippen LogP contribution < -0.4 is 0 Å². The molecule has 3 heterocycles. The minimum atomic E-state index is 0.413. The highest BCUT2D eigenvalue weighted by Gasteiger charge is 2.22. The van der Waals surface area contributed by atoms with Gasteiger partial charge in [-0.25, -0.2) is 24.6 Å². The molecule has 15 aromatic rings. The zero-order chi connectivity index (χ0) is 56.1. The third-order valence-electron chi connectivity index (χ3n) is 15.9. The Morgan fingerprint density at radius 3 is 0.976 bits per heavy atom. The number of fused-ring (bicyclic) bond motifs is 6. The second-order valence-corrected chi connectivity index (χ2v) is 21.0. The van der Waals surface area contributed by atoms with Crippen LogP contribution in [0.2, 0.25) is 0 Å². The van der Waals surface area contributed by atoms with Crippen LogP contribution in [-0.4, -0.2) is 24.1 Å². The van der Waals surface area contributed by atoms with Crippen LogP contribution in [0.3, 0.4) is 0 Å². The van der Waals surface area contributed by atoms with Gasteiger partial charge >= 0.3 is 0 Å². The van der Waals surface area contributed by atoms with Crippen molar-refractivity contribution in [1.82, 2.24) is 24.1 Å². The van der Waals surface area contributed by atoms with E-state index in [4.69, 9.17) is 28.1 Å². The molecular formula is C77H47N7. The zero-order valence-electron chi connectivity index (χ0n) is 45.3. The van der Waals surface area contributed by atoms with Gasteiger partial charge < -0.3 is 9.13 Å². The topological polar surface area (TPSA) is 57.2 Å². The molecule has 0 spiro atoms. The maximum Gasteiger partial charge on any atom is 0.194 e. The summed E-state index contributed by atoms with van der Waals surface area (Å²) in [5.41, 5.74) is 19.6. The fraction of sp³-hybridized carbons (Fsp3) is 0. The van der Waals surface area contributed by atoms with Crippen LogP contribution >= 0.6 is 0 Å². The molecule has 390 valence electrons. The number of hydrogen-bond acceptors (Lipinski definition) is 3. The number of para-hydroxylation sites is 1. The first-order valence-corrected chi connectivity index (χ1v) is 27.9. The molecule has 0 aliphatic carbocycles. The summed E-state index contributed by atoms with van der Waals surface area (Å²) in [5, 5.41) is 4.41. The first-order valence-electron chi connectivity index (χ1n) is 27.9. The third-order valence-corrected chi connectivity index (χ3v) is 15.9. The standard InChI is InChI=1S/C77H47N7/c1-78-62-41-61(44-64(49-62)84-73-38-34-57(52-24-12-5-13-25-52)47-68(73)69-48-58(35-39-74(69)84)53-26-14-6-15-27-53)77-81-75(54-28-16-7-17-29-54)80-76(82-77)60-40-59(65-30-18-19-31-70(65)79-2)42-63(43-60)83-71-36-32-55(50-20-8-3-9-21-50)45-66(71)67-46-56(33-37-72(67)83)51-22-10-4-11-23-51/h3-49H. The van der Waals surface area contributed by atoms with Crippen molar-refractivity contribution in [2.75, 3.05) is 0 Å². The highest BCUT2D eigenvalue weighted by Crippen LogP contribution is 2.43. The lowest BCUT2D eigenvalue weighted by Gasteiger charge is -2.16. The van der Waals surface area contributed by atoms with Crippen LogP contribution in [-0.2, 0) is 0 Å². The van der Waals surface area contributed by atoms with Crippen LogP contribution in [0.5, 0.6) is 0 Å². The van der Waals surface area contributed by atoms with Crippen molar-refractivity contribution in [1.29, 1.82) is 0 Å². The Bertz CT molecular complexity index is 4940. The lowest BCUT2D eigenvalue weighted by atomic mass is 9.99. The quantitative estimate of drug-likeness (QED) is 0.128. The van der Waals surface area contributed by atoms with Crippen molar-refractivity contribution in [2.45, 2.75) is 0 Å². The molecule has 0 bridgehead atoms. The van der Waals surface area contributed by atoms with Crippen LogP contribution in [0.1, 0.15) is 0 Å². The van der Waals surface area contributed by atoms with Gasteiger partial charge in [-0.1, -0.05) is 200 Å². The zero-order valence-corrected chi connectivity index (χ0v) is 45.3. The van der Waals surface area contributed by atoms with Gasteiger partial charge in [-0.05, 0) is 141 Å². The summed E-state index contributed by atoms with van der Waals surface area (Å²) in [6.07, 6.45) is 0. The normalized spacial score (nSPS) is 11.3. The van der Waals surface area contributed by atoms with Gasteiger partial charge in [0.15, 0.2) is 28.8 Å². The van der Waals surface area contributed by atoms with Crippen LogP contribution in [0, 0.1) is 13.1 Å². The van der Waals surface area contributed by atoms with E-state index in [9.17, 15) is 0 Å². The first kappa shape index (κ1) is 49.3. The molecule has 0 radical (unpaired) electrons. The lowest BCUT2D eigenvalue weighted by Crippen LogP contribution is -2.02. The molecular weight excluding hydrogens is 1020 g/mol. The predicted molar refractivity (Wildman–Crippen MR) is 345 cm³/mol. The minimum absolute atomic E-state index is 0.413. The monoisotopic (exact) mass is 1070 g/mol. The molecule has 15 rings (SSSR count). The molecule has 7 heteroatoms. The second-order valence-electron chi connectivity index (χ2n) is 21.0. The molecule has 7 nitrogen and oxygen atoms in total. The summed E-state index contributed by atoms with van der Waals surface area (Å²) < 4.78 is 4.58. The van der Waals surface area contributed by atoms with E-state index in [-0.39, 0.29) is 0 Å². The van der Waals surface area contributed by atoms with Crippen molar-refractivity contribution in [3.63, 3.8) is 0 Å². The maximum atomic E-state index is 8.55. The van der Waals surface area contributed by atoms with E-state index in [2.05, 4.69) is 213 Å². The highest BCUT2D eigenvalue weighted by molar-refractivity contribution is 6.13. The first-order chi connectivity index (χ1) is 41.5. The van der Waals surface area contributed by atoms with Gasteiger partial charge in [-0.3, -0.25) is 0 Å². The molecule has 0 aliphatic heterocycles. The van der Waals surface area contributed by atoms with E-state index in [1.807, 2.05) is 91.0 Å². The Labute approximate surface area is 485 Å². The van der Waals surface area contributed by atoms with Crippen LogP contribution in [0.25, 0.3) is 154 Å². The van der Waals surface area contributed by atoms with E-state index < -0.39 is 0 Å². The van der Waals surface area contributed by atoms with Crippen molar-refractivity contribution in [2.24, 2.45) is 0 Å². The number of hydrogen-bond donors (Lipinski definition) is 0. The fourth-order valence-corrected chi connectivity index (χ4v) is 12.0. The molecule has 0 aliphatic rings. The van der Waals surface area contributed by atoms with Gasteiger partial charge in [0.2, 0.25) is 0 Å². The van der Waals surface area contributed by atoms with Gasteiger partial charge in [0.05, 0.1) is 35.2 Å². The molecule has 0 atom stereocenters. The summed E-state index contributed by atoms with van der Waals surface area (Å²) in [4.78, 5) is 24.1. The van der Waals surface area contributed by atoms with E-state index in [0.717, 1.165) is 122 Å². The smallest absolute Gasteiger partial charge is 0.194 e. The molecule has 0 N–H and O–H groups in total. The molecule has 0 unspecified atom stereocenters. The Hall–Kier alpha value is -11.8. The Balaban J connectivity index is 0.953. The third kappa shape index (κ3) is 8.83. The average Bonchev–Trinajstić information content (AvgIpc) is 2.96. The van der Waals surface area contributed by atoms with Crippen molar-refractivity contribution in [3.05, 3.63) is 308 Å². The molecule has 3 aromatic heterocycles. The predicted octanol–water partition coefficient (Wildman–Crippen LogP) is 20.5. The van der Waals surface area contributed by atoms with Gasteiger partial charge in [0.1, 0.15) is 0 Å². The Kier molecular flexibility index (Phi) is 12.2. The molecule has 0 amide bonds. The van der Waals surface area contributed by atoms with Gasteiger partial charge in [0, 0.05) is 49.6 Å². The summed E-state index contributed by atoms with van der Waals surface area (Å²) in [7, 11) is 0. The average molecular weight is 1070 g/mol. The fourth-order valence-electron chi connectivity index (χ4n) is 12.0. The number of nitrogens with zero attached hydrogens (tertiary/aromatic N) is 7. The van der Waals surface area contributed by atoms with E-state index in [0.29, 0.717) is 34.4 Å². The molecule has 0 saturated heterocycles. The number of rotatable bonds is 10. The summed E-state index contributed by atoms with van der Waals surface area (Å²) in [5.74, 6) is 1.34. The van der Waals surface area contributed by atoms with Gasteiger partial charge in [-0.15, -0.1) is 0 Å². The number of benzene rings is 12. The van der Waals surface area contributed by atoms with Crippen molar-refractivity contribution >= 4 is 55.0 Å². The van der Waals surface area contributed by atoms with Gasteiger partial charge in [-0.2, -0.15) is 0 Å². The summed E-state index contributed by atoms with van der Waals surface area (Å²) >= 11 is 0. The molecule has 0 saturated carbocycles. The van der Waals surface area contributed by atoms with E-state index in [1.165, 1.54) is 0 Å². The van der Waals surface area contributed by atoms with Gasteiger partial charge in [0.25, 0.3) is 0 Å². The number of aromatic nitrogens is 5. The minimum Gasteiger partial charge on any atom is -0.310 e. The largest absolute Gasteiger partial charge is 0.310 e. The highest BCUT2D eigenvalue weighted by atomic mass is 15.0. The van der Waals surface area contributed by atoms with Crippen LogP contribution in [0.4, 0.5) is 11.4 Å². The summed E-state index contributed by atoms with van der Waals surface area (Å²) in [6, 6.07) is 98.8. The Morgan fingerprint density at radius 2 is 0.583 bits per heavy atom. The maximum absolute atomic E-state index is 8.55. The van der Waals surface area contributed by atoms with E-state index >= 15 is 0 Å². The molecule has 0 fully saturated rings. The lowest BCUT2D eigenvalue weighted by molar-refractivity contribution is 1.07. The van der Waals surface area contributed by atoms with Crippen molar-refractivity contribution < 1.29 is 0 Å². The molecule has 84 heavy (non-hydrogen) atoms. The Morgan fingerprint density at radius 1 is 0.250 bits per heavy atom. The SMILES string of the molecule is [C-]#[N+]c1cc(-c2nc(-c3ccccc3)nc(-c3cc(-c4ccccc4[N+]#[C-])cc(-n4c5ccc(-c6ccccc6)cc5c5cc(-c6ccccc6)ccc54)c3)n2)cc(-n2c3ccc(-c4ccccc4)cc3c3cc(-c4ccccc4)ccc32)c1. The second kappa shape index (κ2) is 20.7. The van der Waals surface area contributed by atoms with E-state index in [1.54, 1.807) is 0 Å². The molecule has 12 aromatic carbocycles. The van der Waals surface area contributed by atoms with Crippen LogP contribution in [0.15, 0.2) is 285 Å².